The molecule has 0 aromatic carbocycles. The predicted molar refractivity (Wildman–Crippen MR) is 51.9 cm³/mol. The Morgan fingerprint density at radius 1 is 1.67 bits per heavy atom. The summed E-state index contributed by atoms with van der Waals surface area (Å²) in [4.78, 5) is 4.51. The van der Waals surface area contributed by atoms with E-state index in [2.05, 4.69) is 24.3 Å². The van der Waals surface area contributed by atoms with Gasteiger partial charge in [-0.2, -0.15) is 0 Å². The third-order valence-electron chi connectivity index (χ3n) is 2.20. The summed E-state index contributed by atoms with van der Waals surface area (Å²) in [6, 6.07) is 0.565. The van der Waals surface area contributed by atoms with Crippen molar-refractivity contribution in [2.24, 2.45) is 16.8 Å². The van der Waals surface area contributed by atoms with Crippen LogP contribution in [-0.2, 0) is 0 Å². The Hall–Kier alpha value is -0.570. The number of nitrogens with one attached hydrogen (secondary N) is 1. The molecule has 3 heteroatoms. The minimum absolute atomic E-state index is 0.487. The van der Waals surface area contributed by atoms with E-state index in [9.17, 15) is 0 Å². The topological polar surface area (TPSA) is 50.4 Å². The molecule has 12 heavy (non-hydrogen) atoms. The van der Waals surface area contributed by atoms with Gasteiger partial charge >= 0.3 is 0 Å². The second kappa shape index (κ2) is 4.45. The summed E-state index contributed by atoms with van der Waals surface area (Å²) in [5.41, 5.74) is 2.71. The molecule has 70 valence electrons. The Morgan fingerprint density at radius 3 is 2.75 bits per heavy atom. The van der Waals surface area contributed by atoms with Crippen LogP contribution in [0.2, 0.25) is 0 Å². The molecular weight excluding hydrogens is 150 g/mol. The number of rotatable bonds is 4. The lowest BCUT2D eigenvalue weighted by Gasteiger charge is -2.12. The maximum Gasteiger partial charge on any atom is 0.113 e. The van der Waals surface area contributed by atoms with Gasteiger partial charge in [0.1, 0.15) is 5.84 Å². The van der Waals surface area contributed by atoms with Crippen molar-refractivity contribution in [3.05, 3.63) is 0 Å². The van der Waals surface area contributed by atoms with Crippen LogP contribution in [0.1, 0.15) is 39.5 Å². The normalized spacial score (nSPS) is 20.8. The van der Waals surface area contributed by atoms with Gasteiger partial charge in [0, 0.05) is 5.92 Å². The fourth-order valence-electron chi connectivity index (χ4n) is 1.28. The monoisotopic (exact) mass is 169 g/mol. The summed E-state index contributed by atoms with van der Waals surface area (Å²) < 4.78 is 0. The van der Waals surface area contributed by atoms with Crippen molar-refractivity contribution in [3.63, 3.8) is 0 Å². The van der Waals surface area contributed by atoms with Crippen molar-refractivity contribution < 1.29 is 0 Å². The molecule has 0 amide bonds. The molecule has 0 aliphatic heterocycles. The molecular formula is C9H19N3. The Morgan fingerprint density at radius 2 is 2.33 bits per heavy atom. The van der Waals surface area contributed by atoms with Gasteiger partial charge in [-0.3, -0.25) is 4.99 Å². The summed E-state index contributed by atoms with van der Waals surface area (Å²) in [6.45, 7) is 4.35. The van der Waals surface area contributed by atoms with Crippen LogP contribution in [0.4, 0.5) is 0 Å². The molecule has 1 aliphatic rings. The second-order valence-electron chi connectivity index (χ2n) is 3.58. The number of amidine groups is 1. The Labute approximate surface area is 74.4 Å². The van der Waals surface area contributed by atoms with Crippen molar-refractivity contribution in [1.29, 1.82) is 0 Å². The van der Waals surface area contributed by atoms with Crippen LogP contribution < -0.4 is 11.3 Å². The average molecular weight is 169 g/mol. The smallest absolute Gasteiger partial charge is 0.113 e. The first-order valence-electron chi connectivity index (χ1n) is 4.82. The minimum Gasteiger partial charge on any atom is -0.312 e. The molecule has 0 heterocycles. The van der Waals surface area contributed by atoms with E-state index < -0.39 is 0 Å². The highest BCUT2D eigenvalue weighted by Gasteiger charge is 2.22. The van der Waals surface area contributed by atoms with Crippen molar-refractivity contribution in [2.45, 2.75) is 45.6 Å². The van der Waals surface area contributed by atoms with E-state index in [0.717, 1.165) is 12.3 Å². The first-order chi connectivity index (χ1) is 5.77. The lowest BCUT2D eigenvalue weighted by atomic mass is 10.1. The highest BCUT2D eigenvalue weighted by Crippen LogP contribution is 2.24. The maximum atomic E-state index is 5.40. The Balaban J connectivity index is 2.41. The van der Waals surface area contributed by atoms with E-state index in [0.29, 0.717) is 12.0 Å². The van der Waals surface area contributed by atoms with Gasteiger partial charge < -0.3 is 5.43 Å². The van der Waals surface area contributed by atoms with E-state index in [1.165, 1.54) is 19.3 Å². The largest absolute Gasteiger partial charge is 0.312 e. The highest BCUT2D eigenvalue weighted by atomic mass is 15.3. The number of nitrogens with two attached hydrogens (primary N) is 1. The summed E-state index contributed by atoms with van der Waals surface area (Å²) in [7, 11) is 0. The van der Waals surface area contributed by atoms with E-state index in [-0.39, 0.29) is 0 Å². The molecule has 1 fully saturated rings. The molecule has 0 aromatic rings. The highest BCUT2D eigenvalue weighted by molar-refractivity contribution is 5.84. The van der Waals surface area contributed by atoms with Crippen LogP contribution in [0.3, 0.4) is 0 Å². The lowest BCUT2D eigenvalue weighted by Crippen LogP contribution is -2.35. The van der Waals surface area contributed by atoms with Gasteiger partial charge in [0.15, 0.2) is 0 Å². The minimum atomic E-state index is 0.487. The fourth-order valence-corrected chi connectivity index (χ4v) is 1.28. The van der Waals surface area contributed by atoms with Crippen molar-refractivity contribution >= 4 is 5.84 Å². The van der Waals surface area contributed by atoms with Gasteiger partial charge in [-0.25, -0.2) is 5.84 Å². The van der Waals surface area contributed by atoms with Gasteiger partial charge in [-0.05, 0) is 19.3 Å². The van der Waals surface area contributed by atoms with Gasteiger partial charge in [0.2, 0.25) is 0 Å². The summed E-state index contributed by atoms with van der Waals surface area (Å²) >= 11 is 0. The van der Waals surface area contributed by atoms with Crippen LogP contribution in [0, 0.1) is 5.92 Å². The molecule has 1 rings (SSSR count). The van der Waals surface area contributed by atoms with Crippen LogP contribution in [0.25, 0.3) is 0 Å². The van der Waals surface area contributed by atoms with Crippen LogP contribution in [0.5, 0.6) is 0 Å². The zero-order valence-corrected chi connectivity index (χ0v) is 8.01. The number of hydrogen-bond acceptors (Lipinski definition) is 2. The van der Waals surface area contributed by atoms with Crippen molar-refractivity contribution in [2.75, 3.05) is 0 Å². The van der Waals surface area contributed by atoms with Gasteiger partial charge in [0.05, 0.1) is 6.04 Å². The molecule has 1 saturated carbocycles. The summed E-state index contributed by atoms with van der Waals surface area (Å²) in [5.74, 6) is 6.87. The second-order valence-corrected chi connectivity index (χ2v) is 3.58. The van der Waals surface area contributed by atoms with E-state index in [1.54, 1.807) is 0 Å². The predicted octanol–water partition coefficient (Wildman–Crippen LogP) is 1.45. The van der Waals surface area contributed by atoms with Gasteiger partial charge in [-0.15, -0.1) is 0 Å². The molecule has 3 N–H and O–H groups in total. The Bertz CT molecular complexity index is 161. The molecule has 0 radical (unpaired) electrons. The van der Waals surface area contributed by atoms with E-state index in [4.69, 9.17) is 5.84 Å². The quantitative estimate of drug-likeness (QED) is 0.289. The molecule has 1 atom stereocenters. The van der Waals surface area contributed by atoms with Crippen molar-refractivity contribution in [3.8, 4) is 0 Å². The first kappa shape index (κ1) is 9.52. The molecule has 3 nitrogen and oxygen atoms in total. The average Bonchev–Trinajstić information content (AvgIpc) is 2.84. The third kappa shape index (κ3) is 2.81. The zero-order valence-electron chi connectivity index (χ0n) is 8.01. The molecule has 0 saturated heterocycles. The number of hydrazine groups is 1. The van der Waals surface area contributed by atoms with Gasteiger partial charge in [-0.1, -0.05) is 20.3 Å². The summed E-state index contributed by atoms with van der Waals surface area (Å²) in [5, 5.41) is 0. The maximum absolute atomic E-state index is 5.40. The van der Waals surface area contributed by atoms with Gasteiger partial charge in [0.25, 0.3) is 0 Å². The molecule has 0 spiro atoms. The number of aliphatic imine (C=N–C) groups is 1. The van der Waals surface area contributed by atoms with E-state index in [1.807, 2.05) is 0 Å². The fraction of sp³-hybridized carbons (Fsp3) is 0.889. The number of nitrogens with zero attached hydrogens (tertiary/aromatic N) is 1. The Kier molecular flexibility index (Phi) is 3.53. The van der Waals surface area contributed by atoms with Crippen LogP contribution >= 0.6 is 0 Å². The molecule has 1 aliphatic carbocycles. The first-order valence-corrected chi connectivity index (χ1v) is 4.82. The third-order valence-corrected chi connectivity index (χ3v) is 2.20. The van der Waals surface area contributed by atoms with Crippen molar-refractivity contribution in [1.82, 2.24) is 5.43 Å². The number of hydrogen-bond donors (Lipinski definition) is 2. The standard InChI is InChI=1S/C9H19N3/c1-3-4-7(2)9(12-10)11-8-5-6-8/h7-8H,3-6,10H2,1-2H3,(H,11,12). The SMILES string of the molecule is CCCC(C)C(=NC1CC1)NN. The zero-order chi connectivity index (χ0) is 8.97. The lowest BCUT2D eigenvalue weighted by molar-refractivity contribution is 0.640. The van der Waals surface area contributed by atoms with E-state index >= 15 is 0 Å². The van der Waals surface area contributed by atoms with Crippen LogP contribution in [-0.4, -0.2) is 11.9 Å². The molecule has 1 unspecified atom stereocenters. The van der Waals surface area contributed by atoms with Crippen LogP contribution in [0.15, 0.2) is 4.99 Å². The molecule has 0 bridgehead atoms. The molecule has 0 aromatic heterocycles. The summed E-state index contributed by atoms with van der Waals surface area (Å²) in [6.07, 6.45) is 4.83.